The molecule has 0 heterocycles. The number of nitrogens with two attached hydrogens (primary N) is 1. The lowest BCUT2D eigenvalue weighted by Crippen LogP contribution is -2.08. The first-order chi connectivity index (χ1) is 6.56. The summed E-state index contributed by atoms with van der Waals surface area (Å²) < 4.78 is 0. The molecule has 0 unspecified atom stereocenters. The lowest BCUT2D eigenvalue weighted by atomic mass is 9.96. The molecule has 0 radical (unpaired) electrons. The first-order valence-corrected chi connectivity index (χ1v) is 5.02. The van der Waals surface area contributed by atoms with Crippen LogP contribution in [0.25, 0.3) is 0 Å². The van der Waals surface area contributed by atoms with Crippen molar-refractivity contribution in [2.75, 3.05) is 6.54 Å². The highest BCUT2D eigenvalue weighted by Crippen LogP contribution is 2.23. The van der Waals surface area contributed by atoms with E-state index in [0.717, 1.165) is 11.1 Å². The molecule has 0 fully saturated rings. The van der Waals surface area contributed by atoms with E-state index < -0.39 is 6.10 Å². The first kappa shape index (κ1) is 11.2. The Morgan fingerprint density at radius 2 is 1.71 bits per heavy atom. The van der Waals surface area contributed by atoms with Gasteiger partial charge in [-0.2, -0.15) is 0 Å². The molecule has 0 saturated heterocycles. The van der Waals surface area contributed by atoms with Gasteiger partial charge in [0.15, 0.2) is 0 Å². The molecule has 0 aliphatic carbocycles. The number of hydrogen-bond acceptors (Lipinski definition) is 2. The van der Waals surface area contributed by atoms with Crippen molar-refractivity contribution in [2.45, 2.75) is 33.3 Å². The van der Waals surface area contributed by atoms with Crippen molar-refractivity contribution in [1.29, 1.82) is 0 Å². The molecule has 0 aromatic heterocycles. The zero-order valence-corrected chi connectivity index (χ0v) is 9.17. The Kier molecular flexibility index (Phi) is 3.67. The van der Waals surface area contributed by atoms with Crippen molar-refractivity contribution in [3.05, 3.63) is 34.4 Å². The summed E-state index contributed by atoms with van der Waals surface area (Å²) in [5.41, 5.74) is 10.1. The molecule has 0 spiro atoms. The fourth-order valence-corrected chi connectivity index (χ4v) is 1.66. The van der Waals surface area contributed by atoms with Crippen LogP contribution in [0.15, 0.2) is 12.1 Å². The molecule has 2 heteroatoms. The number of aliphatic hydroxyl groups excluding tert-OH is 1. The maximum atomic E-state index is 9.84. The molecule has 1 aromatic rings. The summed E-state index contributed by atoms with van der Waals surface area (Å²) in [7, 11) is 0. The summed E-state index contributed by atoms with van der Waals surface area (Å²) in [6.07, 6.45) is 0.211. The topological polar surface area (TPSA) is 46.2 Å². The van der Waals surface area contributed by atoms with Gasteiger partial charge in [-0.3, -0.25) is 0 Å². The lowest BCUT2D eigenvalue weighted by Gasteiger charge is -2.15. The Labute approximate surface area is 85.8 Å². The van der Waals surface area contributed by atoms with Crippen molar-refractivity contribution in [2.24, 2.45) is 5.73 Å². The molecular formula is C12H19NO. The highest BCUT2D eigenvalue weighted by atomic mass is 16.3. The predicted octanol–water partition coefficient (Wildman–Crippen LogP) is 1.99. The van der Waals surface area contributed by atoms with Crippen LogP contribution in [0.5, 0.6) is 0 Å². The van der Waals surface area contributed by atoms with E-state index in [9.17, 15) is 5.11 Å². The summed E-state index contributed by atoms with van der Waals surface area (Å²) in [6, 6.07) is 4.18. The second kappa shape index (κ2) is 4.58. The van der Waals surface area contributed by atoms with E-state index in [4.69, 9.17) is 5.73 Å². The van der Waals surface area contributed by atoms with Crippen molar-refractivity contribution in [1.82, 2.24) is 0 Å². The summed E-state index contributed by atoms with van der Waals surface area (Å²) in [5.74, 6) is 0. The maximum absolute atomic E-state index is 9.84. The van der Waals surface area contributed by atoms with Crippen LogP contribution in [0, 0.1) is 20.8 Å². The van der Waals surface area contributed by atoms with Crippen LogP contribution >= 0.6 is 0 Å². The van der Waals surface area contributed by atoms with E-state index in [1.54, 1.807) is 0 Å². The molecule has 0 bridgehead atoms. The largest absolute Gasteiger partial charge is 0.388 e. The van der Waals surface area contributed by atoms with Gasteiger partial charge in [-0.05, 0) is 56.0 Å². The minimum absolute atomic E-state index is 0.417. The van der Waals surface area contributed by atoms with Crippen LogP contribution in [0.4, 0.5) is 0 Å². The predicted molar refractivity (Wildman–Crippen MR) is 59.3 cm³/mol. The maximum Gasteiger partial charge on any atom is 0.0804 e. The van der Waals surface area contributed by atoms with Crippen LogP contribution in [-0.4, -0.2) is 11.7 Å². The molecule has 0 saturated carbocycles. The van der Waals surface area contributed by atoms with Crippen LogP contribution in [0.3, 0.4) is 0 Å². The van der Waals surface area contributed by atoms with E-state index >= 15 is 0 Å². The number of aliphatic hydroxyl groups is 1. The standard InChI is InChI=1S/C12H19NO/c1-8-6-10(3)11(7-9(8)2)12(14)4-5-13/h6-7,12,14H,4-5,13H2,1-3H3/t12-/m0/s1. The average molecular weight is 193 g/mol. The van der Waals surface area contributed by atoms with E-state index in [2.05, 4.69) is 26.0 Å². The fourth-order valence-electron chi connectivity index (χ4n) is 1.66. The summed E-state index contributed by atoms with van der Waals surface area (Å²) >= 11 is 0. The average Bonchev–Trinajstić information content (AvgIpc) is 2.11. The highest BCUT2D eigenvalue weighted by Gasteiger charge is 2.10. The van der Waals surface area contributed by atoms with Crippen molar-refractivity contribution >= 4 is 0 Å². The van der Waals surface area contributed by atoms with Gasteiger partial charge in [-0.25, -0.2) is 0 Å². The molecule has 1 aromatic carbocycles. The summed E-state index contributed by atoms with van der Waals surface area (Å²) in [4.78, 5) is 0. The van der Waals surface area contributed by atoms with Gasteiger partial charge in [-0.15, -0.1) is 0 Å². The van der Waals surface area contributed by atoms with E-state index in [1.807, 2.05) is 6.92 Å². The SMILES string of the molecule is Cc1cc(C)c([C@@H](O)CCN)cc1C. The van der Waals surface area contributed by atoms with Crippen molar-refractivity contribution in [3.63, 3.8) is 0 Å². The molecule has 0 amide bonds. The van der Waals surface area contributed by atoms with Gasteiger partial charge >= 0.3 is 0 Å². The van der Waals surface area contributed by atoms with Gasteiger partial charge in [0, 0.05) is 0 Å². The van der Waals surface area contributed by atoms with E-state index in [1.165, 1.54) is 11.1 Å². The number of hydrogen-bond donors (Lipinski definition) is 2. The lowest BCUT2D eigenvalue weighted by molar-refractivity contribution is 0.169. The molecule has 2 nitrogen and oxygen atoms in total. The minimum Gasteiger partial charge on any atom is -0.388 e. The normalized spacial score (nSPS) is 12.9. The second-order valence-electron chi connectivity index (χ2n) is 3.89. The fraction of sp³-hybridized carbons (Fsp3) is 0.500. The van der Waals surface area contributed by atoms with Gasteiger partial charge in [0.25, 0.3) is 0 Å². The van der Waals surface area contributed by atoms with E-state index in [-0.39, 0.29) is 0 Å². The highest BCUT2D eigenvalue weighted by molar-refractivity contribution is 5.37. The smallest absolute Gasteiger partial charge is 0.0804 e. The molecule has 78 valence electrons. The molecule has 3 N–H and O–H groups in total. The Bertz CT molecular complexity index is 320. The monoisotopic (exact) mass is 193 g/mol. The van der Waals surface area contributed by atoms with Crippen molar-refractivity contribution < 1.29 is 5.11 Å². The van der Waals surface area contributed by atoms with Crippen LogP contribution < -0.4 is 5.73 Å². The molecule has 1 atom stereocenters. The van der Waals surface area contributed by atoms with Gasteiger partial charge < -0.3 is 10.8 Å². The van der Waals surface area contributed by atoms with Crippen molar-refractivity contribution in [3.8, 4) is 0 Å². The second-order valence-corrected chi connectivity index (χ2v) is 3.89. The Hall–Kier alpha value is -0.860. The van der Waals surface area contributed by atoms with Crippen LogP contribution in [0.2, 0.25) is 0 Å². The number of benzene rings is 1. The molecule has 14 heavy (non-hydrogen) atoms. The zero-order chi connectivity index (χ0) is 10.7. The minimum atomic E-state index is -0.417. The quantitative estimate of drug-likeness (QED) is 0.771. The van der Waals surface area contributed by atoms with Crippen LogP contribution in [0.1, 0.15) is 34.8 Å². The number of rotatable bonds is 3. The van der Waals surface area contributed by atoms with Gasteiger partial charge in [0.2, 0.25) is 0 Å². The molecule has 0 aliphatic rings. The first-order valence-electron chi connectivity index (χ1n) is 5.02. The third-order valence-electron chi connectivity index (χ3n) is 2.68. The molecular weight excluding hydrogens is 174 g/mol. The van der Waals surface area contributed by atoms with Gasteiger partial charge in [-0.1, -0.05) is 12.1 Å². The third kappa shape index (κ3) is 2.34. The van der Waals surface area contributed by atoms with Gasteiger partial charge in [0.1, 0.15) is 0 Å². The zero-order valence-electron chi connectivity index (χ0n) is 9.17. The van der Waals surface area contributed by atoms with Crippen LogP contribution in [-0.2, 0) is 0 Å². The molecule has 1 rings (SSSR count). The Morgan fingerprint density at radius 3 is 2.29 bits per heavy atom. The summed E-state index contributed by atoms with van der Waals surface area (Å²) in [5, 5.41) is 9.84. The Balaban J connectivity index is 3.02. The third-order valence-corrected chi connectivity index (χ3v) is 2.68. The molecule has 0 aliphatic heterocycles. The number of aryl methyl sites for hydroxylation is 3. The van der Waals surface area contributed by atoms with Gasteiger partial charge in [0.05, 0.1) is 6.10 Å². The Morgan fingerprint density at radius 1 is 1.14 bits per heavy atom. The van der Waals surface area contributed by atoms with E-state index in [0.29, 0.717) is 13.0 Å². The summed E-state index contributed by atoms with van der Waals surface area (Å²) in [6.45, 7) is 6.70.